The summed E-state index contributed by atoms with van der Waals surface area (Å²) in [4.78, 5) is 17.4. The molecule has 0 spiro atoms. The van der Waals surface area contributed by atoms with Gasteiger partial charge < -0.3 is 19.3 Å². The molecular weight excluding hydrogens is 429 g/mol. The summed E-state index contributed by atoms with van der Waals surface area (Å²) < 4.78 is 49.5. The quantitative estimate of drug-likeness (QED) is 0.599. The highest BCUT2D eigenvalue weighted by Gasteiger charge is 2.31. The third-order valence-corrected chi connectivity index (χ3v) is 6.23. The zero-order valence-corrected chi connectivity index (χ0v) is 18.4. The van der Waals surface area contributed by atoms with Gasteiger partial charge in [0.05, 0.1) is 25.0 Å². The van der Waals surface area contributed by atoms with Gasteiger partial charge in [0.15, 0.2) is 11.5 Å². The van der Waals surface area contributed by atoms with Crippen LogP contribution in [0.5, 0.6) is 11.5 Å². The second-order valence-electron chi connectivity index (χ2n) is 7.14. The third kappa shape index (κ3) is 5.58. The zero-order chi connectivity index (χ0) is 22.6. The van der Waals surface area contributed by atoms with Crippen molar-refractivity contribution in [2.45, 2.75) is 23.2 Å². The van der Waals surface area contributed by atoms with Crippen LogP contribution >= 0.6 is 11.8 Å². The van der Waals surface area contributed by atoms with Crippen molar-refractivity contribution in [3.63, 3.8) is 0 Å². The zero-order valence-electron chi connectivity index (χ0n) is 17.6. The molecule has 31 heavy (non-hydrogen) atoms. The fourth-order valence-electron chi connectivity index (χ4n) is 3.47. The van der Waals surface area contributed by atoms with E-state index in [9.17, 15) is 18.0 Å². The second kappa shape index (κ2) is 9.72. The molecule has 2 aromatic rings. The molecule has 9 heteroatoms. The van der Waals surface area contributed by atoms with Crippen molar-refractivity contribution in [1.82, 2.24) is 4.90 Å². The van der Waals surface area contributed by atoms with E-state index >= 15 is 0 Å². The van der Waals surface area contributed by atoms with Crippen LogP contribution in [0.15, 0.2) is 47.4 Å². The van der Waals surface area contributed by atoms with E-state index in [1.165, 1.54) is 17.8 Å². The van der Waals surface area contributed by atoms with Crippen LogP contribution in [-0.4, -0.2) is 56.5 Å². The van der Waals surface area contributed by atoms with Crippen LogP contribution in [0.25, 0.3) is 0 Å². The molecule has 0 N–H and O–H groups in total. The van der Waals surface area contributed by atoms with Gasteiger partial charge in [-0.3, -0.25) is 4.79 Å². The van der Waals surface area contributed by atoms with Gasteiger partial charge in [-0.2, -0.15) is 13.2 Å². The first-order valence-corrected chi connectivity index (χ1v) is 10.7. The fourth-order valence-corrected chi connectivity index (χ4v) is 4.45. The molecule has 1 aliphatic heterocycles. The minimum Gasteiger partial charge on any atom is -0.493 e. The Morgan fingerprint density at radius 2 is 1.68 bits per heavy atom. The molecule has 0 unspecified atom stereocenters. The first-order chi connectivity index (χ1) is 14.7. The lowest BCUT2D eigenvalue weighted by atomic mass is 10.1. The molecule has 1 atom stereocenters. The van der Waals surface area contributed by atoms with Crippen LogP contribution in [0.3, 0.4) is 0 Å². The molecule has 1 amide bonds. The summed E-state index contributed by atoms with van der Waals surface area (Å²) in [5.41, 5.74) is -0.141. The maximum Gasteiger partial charge on any atom is 0.416 e. The number of alkyl halides is 3. The summed E-state index contributed by atoms with van der Waals surface area (Å²) in [6.07, 6.45) is -4.37. The molecule has 3 rings (SSSR count). The average Bonchev–Trinajstić information content (AvgIpc) is 2.78. The van der Waals surface area contributed by atoms with Crippen molar-refractivity contribution in [2.24, 2.45) is 0 Å². The van der Waals surface area contributed by atoms with E-state index in [4.69, 9.17) is 9.47 Å². The average molecular weight is 455 g/mol. The summed E-state index contributed by atoms with van der Waals surface area (Å²) in [5.74, 6) is 1.22. The van der Waals surface area contributed by atoms with Gasteiger partial charge in [-0.05, 0) is 43.3 Å². The number of amides is 1. The number of piperazine rings is 1. The van der Waals surface area contributed by atoms with Crippen LogP contribution in [0, 0.1) is 0 Å². The van der Waals surface area contributed by atoms with E-state index in [0.717, 1.165) is 17.0 Å². The monoisotopic (exact) mass is 454 g/mol. The van der Waals surface area contributed by atoms with Gasteiger partial charge in [-0.25, -0.2) is 0 Å². The van der Waals surface area contributed by atoms with Crippen molar-refractivity contribution < 1.29 is 27.4 Å². The molecule has 0 aromatic heterocycles. The third-order valence-electron chi connectivity index (χ3n) is 5.15. The number of thioether (sulfide) groups is 1. The lowest BCUT2D eigenvalue weighted by Crippen LogP contribution is -2.50. The van der Waals surface area contributed by atoms with Gasteiger partial charge in [-0.15, -0.1) is 11.8 Å². The number of halogens is 3. The van der Waals surface area contributed by atoms with Gasteiger partial charge >= 0.3 is 6.18 Å². The Labute approximate surface area is 184 Å². The summed E-state index contributed by atoms with van der Waals surface area (Å²) in [5, 5.41) is -0.307. The fraction of sp³-hybridized carbons (Fsp3) is 0.409. The lowest BCUT2D eigenvalue weighted by molar-refractivity contribution is -0.137. The largest absolute Gasteiger partial charge is 0.493 e. The maximum atomic E-state index is 13.0. The number of nitrogens with zero attached hydrogens (tertiary/aromatic N) is 2. The molecular formula is C22H25F3N2O3S. The predicted octanol–water partition coefficient (Wildman–Crippen LogP) is 4.55. The highest BCUT2D eigenvalue weighted by Crippen LogP contribution is 2.34. The van der Waals surface area contributed by atoms with Gasteiger partial charge in [0.2, 0.25) is 5.91 Å². The number of methoxy groups -OCH3 is 2. The Morgan fingerprint density at radius 3 is 2.29 bits per heavy atom. The first kappa shape index (κ1) is 23.1. The topological polar surface area (TPSA) is 42.0 Å². The number of hydrogen-bond acceptors (Lipinski definition) is 5. The SMILES string of the molecule is COc1ccc(S[C@H](C)C(=O)N2CCN(c3cccc(C(F)(F)F)c3)CC2)cc1OC. The van der Waals surface area contributed by atoms with Crippen LogP contribution in [-0.2, 0) is 11.0 Å². The number of anilines is 1. The first-order valence-electron chi connectivity index (χ1n) is 9.82. The molecule has 0 radical (unpaired) electrons. The number of hydrogen-bond donors (Lipinski definition) is 0. The molecule has 2 aromatic carbocycles. The van der Waals surface area contributed by atoms with E-state index in [2.05, 4.69) is 0 Å². The highest BCUT2D eigenvalue weighted by atomic mass is 32.2. The van der Waals surface area contributed by atoms with Crippen LogP contribution < -0.4 is 14.4 Å². The molecule has 0 bridgehead atoms. The van der Waals surface area contributed by atoms with Crippen LogP contribution in [0.2, 0.25) is 0 Å². The van der Waals surface area contributed by atoms with Gasteiger partial charge in [-0.1, -0.05) is 6.07 Å². The summed E-state index contributed by atoms with van der Waals surface area (Å²) in [6, 6.07) is 10.8. The van der Waals surface area contributed by atoms with Crippen LogP contribution in [0.1, 0.15) is 12.5 Å². The van der Waals surface area contributed by atoms with E-state index in [-0.39, 0.29) is 11.2 Å². The summed E-state index contributed by atoms with van der Waals surface area (Å²) >= 11 is 1.43. The molecule has 1 heterocycles. The number of ether oxygens (including phenoxy) is 2. The molecule has 1 saturated heterocycles. The van der Waals surface area contributed by atoms with E-state index in [1.54, 1.807) is 31.3 Å². The smallest absolute Gasteiger partial charge is 0.416 e. The van der Waals surface area contributed by atoms with E-state index in [0.29, 0.717) is 43.4 Å². The molecule has 0 aliphatic carbocycles. The number of rotatable bonds is 6. The second-order valence-corrected chi connectivity index (χ2v) is 8.55. The normalized spacial score (nSPS) is 15.5. The lowest BCUT2D eigenvalue weighted by Gasteiger charge is -2.37. The van der Waals surface area contributed by atoms with E-state index in [1.807, 2.05) is 24.0 Å². The molecule has 1 fully saturated rings. The summed E-state index contributed by atoms with van der Waals surface area (Å²) in [6.45, 7) is 3.75. The number of benzene rings is 2. The Hall–Kier alpha value is -2.55. The molecule has 5 nitrogen and oxygen atoms in total. The van der Waals surface area contributed by atoms with Crippen LogP contribution in [0.4, 0.5) is 18.9 Å². The van der Waals surface area contributed by atoms with Crippen molar-refractivity contribution in [1.29, 1.82) is 0 Å². The Morgan fingerprint density at radius 1 is 1.00 bits per heavy atom. The standard InChI is InChI=1S/C22H25F3N2O3S/c1-15(31-18-7-8-19(29-2)20(14-18)30-3)21(28)27-11-9-26(10-12-27)17-6-4-5-16(13-17)22(23,24)25/h4-8,13-15H,9-12H2,1-3H3/t15-/m1/s1. The minimum atomic E-state index is -4.37. The molecule has 168 valence electrons. The van der Waals surface area contributed by atoms with Gasteiger partial charge in [0, 0.05) is 36.8 Å². The Kier molecular flexibility index (Phi) is 7.25. The number of carbonyl (C=O) groups is 1. The van der Waals surface area contributed by atoms with Crippen molar-refractivity contribution in [3.05, 3.63) is 48.0 Å². The van der Waals surface area contributed by atoms with E-state index < -0.39 is 11.7 Å². The summed E-state index contributed by atoms with van der Waals surface area (Å²) in [7, 11) is 3.13. The Balaban J connectivity index is 1.59. The number of carbonyl (C=O) groups excluding carboxylic acids is 1. The van der Waals surface area contributed by atoms with Crippen molar-refractivity contribution in [3.8, 4) is 11.5 Å². The minimum absolute atomic E-state index is 0.00322. The Bertz CT molecular complexity index is 915. The highest BCUT2D eigenvalue weighted by molar-refractivity contribution is 8.00. The molecule has 0 saturated carbocycles. The maximum absolute atomic E-state index is 13.0. The van der Waals surface area contributed by atoms with Gasteiger partial charge in [0.25, 0.3) is 0 Å². The van der Waals surface area contributed by atoms with Gasteiger partial charge in [0.1, 0.15) is 0 Å². The van der Waals surface area contributed by atoms with Crippen molar-refractivity contribution >= 4 is 23.4 Å². The molecule has 1 aliphatic rings. The predicted molar refractivity (Wildman–Crippen MR) is 115 cm³/mol. The van der Waals surface area contributed by atoms with Crippen molar-refractivity contribution in [2.75, 3.05) is 45.3 Å².